The van der Waals surface area contributed by atoms with E-state index in [2.05, 4.69) is 152 Å². The van der Waals surface area contributed by atoms with E-state index in [-0.39, 0.29) is 0 Å². The first kappa shape index (κ1) is 26.7. The number of fused-ring (bicyclic) bond motifs is 2. The second-order valence-electron chi connectivity index (χ2n) is 11.3. The Hall–Kier alpha value is -5.92. The Kier molecular flexibility index (Phi) is 6.90. The molecule has 0 saturated carbocycles. The summed E-state index contributed by atoms with van der Waals surface area (Å²) in [4.78, 5) is 0. The fourth-order valence-corrected chi connectivity index (χ4v) is 6.39. The second kappa shape index (κ2) is 11.6. The fraction of sp³-hybridized carbons (Fsp3) is 0. The van der Waals surface area contributed by atoms with Gasteiger partial charge < -0.3 is 4.74 Å². The van der Waals surface area contributed by atoms with Gasteiger partial charge in [0.2, 0.25) is 0 Å². The lowest BCUT2D eigenvalue weighted by atomic mass is 9.85. The van der Waals surface area contributed by atoms with Gasteiger partial charge in [0.1, 0.15) is 11.5 Å². The van der Waals surface area contributed by atoms with E-state index in [0.717, 1.165) is 16.9 Å². The van der Waals surface area contributed by atoms with Crippen LogP contribution in [0.5, 0.6) is 11.5 Å². The van der Waals surface area contributed by atoms with Crippen LogP contribution in [0.2, 0.25) is 0 Å². The molecular formula is C44H30O. The van der Waals surface area contributed by atoms with Gasteiger partial charge in [-0.2, -0.15) is 0 Å². The van der Waals surface area contributed by atoms with E-state index < -0.39 is 0 Å². The number of hydrogen-bond donors (Lipinski definition) is 0. The predicted octanol–water partition coefficient (Wildman–Crippen LogP) is 12.5. The molecule has 45 heavy (non-hydrogen) atoms. The molecule has 0 bridgehead atoms. The van der Waals surface area contributed by atoms with E-state index in [0.29, 0.717) is 0 Å². The molecule has 8 rings (SSSR count). The molecule has 0 atom stereocenters. The highest BCUT2D eigenvalue weighted by molar-refractivity contribution is 6.21. The zero-order valence-electron chi connectivity index (χ0n) is 24.7. The normalized spacial score (nSPS) is 11.1. The lowest BCUT2D eigenvalue weighted by Crippen LogP contribution is -1.92. The molecule has 0 fully saturated rings. The molecule has 0 aliphatic heterocycles. The molecule has 0 amide bonds. The molecular weight excluding hydrogens is 544 g/mol. The van der Waals surface area contributed by atoms with Crippen molar-refractivity contribution in [3.8, 4) is 56.0 Å². The molecule has 8 aromatic rings. The van der Waals surface area contributed by atoms with Crippen molar-refractivity contribution >= 4 is 21.5 Å². The minimum Gasteiger partial charge on any atom is -0.457 e. The van der Waals surface area contributed by atoms with Gasteiger partial charge in [-0.05, 0) is 90.3 Å². The molecule has 0 heterocycles. The molecule has 212 valence electrons. The van der Waals surface area contributed by atoms with Crippen molar-refractivity contribution < 1.29 is 4.74 Å². The quantitative estimate of drug-likeness (QED) is 0.180. The van der Waals surface area contributed by atoms with E-state index in [1.54, 1.807) is 0 Å². The lowest BCUT2D eigenvalue weighted by Gasteiger charge is -2.19. The average molecular weight is 575 g/mol. The summed E-state index contributed by atoms with van der Waals surface area (Å²) < 4.78 is 6.38. The first-order valence-corrected chi connectivity index (χ1v) is 15.3. The molecule has 1 nitrogen and oxygen atoms in total. The van der Waals surface area contributed by atoms with Crippen LogP contribution in [0.15, 0.2) is 182 Å². The number of ether oxygens (including phenoxy) is 1. The number of hydrogen-bond acceptors (Lipinski definition) is 1. The van der Waals surface area contributed by atoms with Crippen LogP contribution in [-0.2, 0) is 0 Å². The summed E-state index contributed by atoms with van der Waals surface area (Å²) in [6.45, 7) is 0. The Morgan fingerprint density at radius 1 is 0.244 bits per heavy atom. The van der Waals surface area contributed by atoms with Crippen LogP contribution in [0.1, 0.15) is 0 Å². The van der Waals surface area contributed by atoms with Crippen LogP contribution in [0.4, 0.5) is 0 Å². The summed E-state index contributed by atoms with van der Waals surface area (Å²) in [6, 6.07) is 64.3. The van der Waals surface area contributed by atoms with Gasteiger partial charge in [-0.3, -0.25) is 0 Å². The maximum Gasteiger partial charge on any atom is 0.128 e. The SMILES string of the molecule is c1ccc(Oc2ccc3c(-c4ccc(-c5ccccc5)cc4)c4ccccc4c(-c4ccc(-c5ccccc5)cc4)c3c2)cc1. The smallest absolute Gasteiger partial charge is 0.128 e. The van der Waals surface area contributed by atoms with Gasteiger partial charge in [-0.1, -0.05) is 158 Å². The average Bonchev–Trinajstić information content (AvgIpc) is 3.12. The highest BCUT2D eigenvalue weighted by Crippen LogP contribution is 2.45. The van der Waals surface area contributed by atoms with Gasteiger partial charge in [0.05, 0.1) is 0 Å². The summed E-state index contributed by atoms with van der Waals surface area (Å²) in [5, 5.41) is 4.81. The fourth-order valence-electron chi connectivity index (χ4n) is 6.39. The van der Waals surface area contributed by atoms with Crippen molar-refractivity contribution in [3.63, 3.8) is 0 Å². The third-order valence-corrected chi connectivity index (χ3v) is 8.54. The monoisotopic (exact) mass is 574 g/mol. The minimum absolute atomic E-state index is 0.816. The molecule has 0 saturated heterocycles. The molecule has 0 unspecified atom stereocenters. The Balaban J connectivity index is 1.35. The topological polar surface area (TPSA) is 9.23 Å². The highest BCUT2D eigenvalue weighted by atomic mass is 16.5. The van der Waals surface area contributed by atoms with Crippen LogP contribution in [-0.4, -0.2) is 0 Å². The summed E-state index contributed by atoms with van der Waals surface area (Å²) in [6.07, 6.45) is 0. The van der Waals surface area contributed by atoms with Crippen LogP contribution < -0.4 is 4.74 Å². The van der Waals surface area contributed by atoms with Gasteiger partial charge in [-0.15, -0.1) is 0 Å². The van der Waals surface area contributed by atoms with Crippen LogP contribution in [0.3, 0.4) is 0 Å². The first-order valence-electron chi connectivity index (χ1n) is 15.3. The maximum atomic E-state index is 6.38. The summed E-state index contributed by atoms with van der Waals surface area (Å²) in [7, 11) is 0. The Morgan fingerprint density at radius 3 is 1.13 bits per heavy atom. The van der Waals surface area contributed by atoms with Crippen molar-refractivity contribution in [2.45, 2.75) is 0 Å². The molecule has 0 aliphatic rings. The Morgan fingerprint density at radius 2 is 0.622 bits per heavy atom. The third kappa shape index (κ3) is 5.15. The number of rotatable bonds is 6. The largest absolute Gasteiger partial charge is 0.457 e. The first-order chi connectivity index (χ1) is 22.3. The van der Waals surface area contributed by atoms with E-state index in [9.17, 15) is 0 Å². The van der Waals surface area contributed by atoms with Crippen molar-refractivity contribution in [1.29, 1.82) is 0 Å². The van der Waals surface area contributed by atoms with E-state index >= 15 is 0 Å². The summed E-state index contributed by atoms with van der Waals surface area (Å²) in [5.74, 6) is 1.64. The Bertz CT molecular complexity index is 2230. The van der Waals surface area contributed by atoms with Gasteiger partial charge in [-0.25, -0.2) is 0 Å². The van der Waals surface area contributed by atoms with Gasteiger partial charge in [0.25, 0.3) is 0 Å². The molecule has 0 aliphatic carbocycles. The third-order valence-electron chi connectivity index (χ3n) is 8.54. The summed E-state index contributed by atoms with van der Waals surface area (Å²) in [5.41, 5.74) is 9.66. The standard InChI is InChI=1S/C44H30O/c1-4-12-31(13-5-1)33-20-24-35(25-21-33)43-39-18-10-11-19-40(39)44(36-26-22-34(23-27-36)32-14-6-2-7-15-32)42-30-38(28-29-41(42)43)45-37-16-8-3-9-17-37/h1-30H. The van der Waals surface area contributed by atoms with E-state index in [1.807, 2.05) is 30.3 Å². The van der Waals surface area contributed by atoms with E-state index in [4.69, 9.17) is 4.74 Å². The summed E-state index contributed by atoms with van der Waals surface area (Å²) >= 11 is 0. The van der Waals surface area contributed by atoms with E-state index in [1.165, 1.54) is 60.7 Å². The van der Waals surface area contributed by atoms with Crippen molar-refractivity contribution in [2.75, 3.05) is 0 Å². The molecule has 0 spiro atoms. The highest BCUT2D eigenvalue weighted by Gasteiger charge is 2.18. The minimum atomic E-state index is 0.816. The maximum absolute atomic E-state index is 6.38. The van der Waals surface area contributed by atoms with Crippen LogP contribution in [0.25, 0.3) is 66.1 Å². The van der Waals surface area contributed by atoms with Crippen molar-refractivity contribution in [1.82, 2.24) is 0 Å². The second-order valence-corrected chi connectivity index (χ2v) is 11.3. The predicted molar refractivity (Wildman–Crippen MR) is 190 cm³/mol. The molecule has 8 aromatic carbocycles. The lowest BCUT2D eigenvalue weighted by molar-refractivity contribution is 0.483. The van der Waals surface area contributed by atoms with Crippen LogP contribution in [0, 0.1) is 0 Å². The number of benzene rings is 8. The van der Waals surface area contributed by atoms with Gasteiger partial charge in [0.15, 0.2) is 0 Å². The van der Waals surface area contributed by atoms with Crippen LogP contribution >= 0.6 is 0 Å². The zero-order valence-corrected chi connectivity index (χ0v) is 24.7. The molecule has 0 aromatic heterocycles. The molecule has 0 N–H and O–H groups in total. The molecule has 0 radical (unpaired) electrons. The Labute approximate surface area is 263 Å². The number of para-hydroxylation sites is 1. The van der Waals surface area contributed by atoms with Crippen molar-refractivity contribution in [3.05, 3.63) is 182 Å². The van der Waals surface area contributed by atoms with Gasteiger partial charge >= 0.3 is 0 Å². The van der Waals surface area contributed by atoms with Crippen molar-refractivity contribution in [2.24, 2.45) is 0 Å². The molecule has 1 heteroatoms. The zero-order chi connectivity index (χ0) is 30.0. The van der Waals surface area contributed by atoms with Gasteiger partial charge in [0, 0.05) is 0 Å².